The van der Waals surface area contributed by atoms with Gasteiger partial charge in [0.2, 0.25) is 5.91 Å². The fourth-order valence-corrected chi connectivity index (χ4v) is 5.05. The lowest BCUT2D eigenvalue weighted by Crippen LogP contribution is -2.36. The number of carbonyl (C=O) groups is 3. The van der Waals surface area contributed by atoms with Gasteiger partial charge in [-0.15, -0.1) is 0 Å². The van der Waals surface area contributed by atoms with Crippen molar-refractivity contribution in [1.82, 2.24) is 5.32 Å². The number of benzene rings is 3. The Labute approximate surface area is 203 Å². The molecule has 3 aromatic carbocycles. The molecule has 6 nitrogen and oxygen atoms in total. The Morgan fingerprint density at radius 2 is 1.80 bits per heavy atom. The highest BCUT2D eigenvalue weighted by Crippen LogP contribution is 2.41. The topological polar surface area (TPSA) is 78.5 Å². The summed E-state index contributed by atoms with van der Waals surface area (Å²) in [6.45, 7) is 2.85. The molecule has 5 rings (SSSR count). The van der Waals surface area contributed by atoms with Crippen molar-refractivity contribution in [2.24, 2.45) is 5.41 Å². The monoisotopic (exact) mass is 471 g/mol. The van der Waals surface area contributed by atoms with E-state index in [9.17, 15) is 18.8 Å². The van der Waals surface area contributed by atoms with E-state index in [1.54, 1.807) is 42.2 Å². The number of anilines is 2. The van der Waals surface area contributed by atoms with Gasteiger partial charge in [-0.25, -0.2) is 4.39 Å². The van der Waals surface area contributed by atoms with Gasteiger partial charge in [0, 0.05) is 35.6 Å². The molecular formula is C28H26FN3O3. The molecule has 0 saturated carbocycles. The first-order valence-electron chi connectivity index (χ1n) is 11.7. The molecule has 7 heteroatoms. The first kappa shape index (κ1) is 22.8. The van der Waals surface area contributed by atoms with Crippen molar-refractivity contribution in [2.45, 2.75) is 26.2 Å². The predicted octanol–water partition coefficient (Wildman–Crippen LogP) is 4.49. The van der Waals surface area contributed by atoms with Crippen LogP contribution in [-0.2, 0) is 11.2 Å². The molecule has 35 heavy (non-hydrogen) atoms. The number of aryl methyl sites for hydroxylation is 1. The Morgan fingerprint density at radius 3 is 2.54 bits per heavy atom. The first-order valence-corrected chi connectivity index (χ1v) is 11.7. The van der Waals surface area contributed by atoms with Crippen LogP contribution in [0.25, 0.3) is 0 Å². The highest BCUT2D eigenvalue weighted by Gasteiger charge is 2.45. The smallest absolute Gasteiger partial charge is 0.258 e. The van der Waals surface area contributed by atoms with Gasteiger partial charge in [-0.05, 0) is 79.8 Å². The van der Waals surface area contributed by atoms with Crippen molar-refractivity contribution in [2.75, 3.05) is 23.3 Å². The molecule has 1 unspecified atom stereocenters. The molecule has 0 radical (unpaired) electrons. The number of amides is 3. The number of fused-ring (bicyclic) bond motifs is 1. The summed E-state index contributed by atoms with van der Waals surface area (Å²) in [5.74, 6) is -0.985. The van der Waals surface area contributed by atoms with E-state index in [1.807, 2.05) is 24.3 Å². The molecule has 2 N–H and O–H groups in total. The Hall–Kier alpha value is -4.00. The average molecular weight is 472 g/mol. The molecular weight excluding hydrogens is 445 g/mol. The minimum Gasteiger partial charge on any atom is -0.356 e. The van der Waals surface area contributed by atoms with Crippen molar-refractivity contribution >= 4 is 29.1 Å². The third kappa shape index (κ3) is 4.30. The number of hydrogen-bond donors (Lipinski definition) is 2. The molecule has 1 spiro atoms. The second-order valence-corrected chi connectivity index (χ2v) is 9.29. The fourth-order valence-electron chi connectivity index (χ4n) is 5.05. The van der Waals surface area contributed by atoms with E-state index in [0.717, 1.165) is 17.7 Å². The van der Waals surface area contributed by atoms with Crippen LogP contribution < -0.4 is 15.5 Å². The molecule has 178 valence electrons. The van der Waals surface area contributed by atoms with E-state index in [0.29, 0.717) is 42.7 Å². The lowest BCUT2D eigenvalue weighted by Gasteiger charge is -2.25. The molecule has 3 amide bonds. The van der Waals surface area contributed by atoms with E-state index in [2.05, 4.69) is 10.6 Å². The number of hydrogen-bond acceptors (Lipinski definition) is 3. The van der Waals surface area contributed by atoms with Crippen LogP contribution in [0.2, 0.25) is 0 Å². The van der Waals surface area contributed by atoms with Gasteiger partial charge in [-0.2, -0.15) is 0 Å². The van der Waals surface area contributed by atoms with Gasteiger partial charge in [0.15, 0.2) is 0 Å². The first-order chi connectivity index (χ1) is 16.9. The molecule has 3 aromatic rings. The molecule has 1 saturated heterocycles. The Kier molecular flexibility index (Phi) is 5.84. The van der Waals surface area contributed by atoms with E-state index >= 15 is 0 Å². The molecule has 2 aliphatic rings. The van der Waals surface area contributed by atoms with Crippen molar-refractivity contribution in [3.8, 4) is 0 Å². The lowest BCUT2D eigenvalue weighted by molar-refractivity contribution is -0.127. The normalized spacial score (nSPS) is 19.1. The quantitative estimate of drug-likeness (QED) is 0.591. The number of nitrogens with zero attached hydrogens (tertiary/aromatic N) is 1. The number of rotatable bonds is 3. The van der Waals surface area contributed by atoms with E-state index < -0.39 is 17.1 Å². The van der Waals surface area contributed by atoms with Crippen LogP contribution in [0.5, 0.6) is 0 Å². The number of carbonyl (C=O) groups excluding carboxylic acids is 3. The van der Waals surface area contributed by atoms with Crippen LogP contribution in [0.1, 0.15) is 44.7 Å². The average Bonchev–Trinajstić information content (AvgIpc) is 3.11. The highest BCUT2D eigenvalue weighted by atomic mass is 19.1. The molecule has 1 fully saturated rings. The maximum absolute atomic E-state index is 13.6. The third-order valence-electron chi connectivity index (χ3n) is 7.08. The highest BCUT2D eigenvalue weighted by molar-refractivity contribution is 6.08. The maximum Gasteiger partial charge on any atom is 0.258 e. The maximum atomic E-state index is 13.6. The number of halogens is 1. The second kappa shape index (κ2) is 8.98. The molecule has 1 atom stereocenters. The molecule has 0 aromatic heterocycles. The summed E-state index contributed by atoms with van der Waals surface area (Å²) in [5.41, 5.74) is 3.26. The molecule has 0 bridgehead atoms. The van der Waals surface area contributed by atoms with Gasteiger partial charge in [-0.1, -0.05) is 24.3 Å². The van der Waals surface area contributed by atoms with E-state index in [1.165, 1.54) is 12.1 Å². The summed E-state index contributed by atoms with van der Waals surface area (Å²) in [6.07, 6.45) is 1.98. The van der Waals surface area contributed by atoms with Gasteiger partial charge in [0.1, 0.15) is 5.82 Å². The Bertz CT molecular complexity index is 1320. The zero-order chi connectivity index (χ0) is 24.6. The SMILES string of the molecule is Cc1ccc(F)cc1C(=O)Nc1ccc(C(=O)N2CCC3(CCNC3=O)Cc3ccccc32)cc1. The van der Waals surface area contributed by atoms with E-state index in [-0.39, 0.29) is 17.4 Å². The number of para-hydroxylation sites is 1. The van der Waals surface area contributed by atoms with Crippen molar-refractivity contribution in [3.05, 3.63) is 94.8 Å². The Morgan fingerprint density at radius 1 is 1.03 bits per heavy atom. The summed E-state index contributed by atoms with van der Waals surface area (Å²) in [4.78, 5) is 40.5. The zero-order valence-electron chi connectivity index (χ0n) is 19.4. The Balaban J connectivity index is 1.36. The predicted molar refractivity (Wildman–Crippen MR) is 132 cm³/mol. The van der Waals surface area contributed by atoms with Gasteiger partial charge in [0.05, 0.1) is 5.41 Å². The second-order valence-electron chi connectivity index (χ2n) is 9.29. The largest absolute Gasteiger partial charge is 0.356 e. The zero-order valence-corrected chi connectivity index (χ0v) is 19.4. The molecule has 0 aliphatic carbocycles. The van der Waals surface area contributed by atoms with Gasteiger partial charge >= 0.3 is 0 Å². The number of nitrogens with one attached hydrogen (secondary N) is 2. The van der Waals surface area contributed by atoms with Crippen LogP contribution in [0.3, 0.4) is 0 Å². The van der Waals surface area contributed by atoms with Crippen molar-refractivity contribution in [1.29, 1.82) is 0 Å². The summed E-state index contributed by atoms with van der Waals surface area (Å²) in [5, 5.41) is 5.72. The fraction of sp³-hybridized carbons (Fsp3) is 0.250. The van der Waals surface area contributed by atoms with Crippen molar-refractivity contribution < 1.29 is 18.8 Å². The minimum absolute atomic E-state index is 0.0650. The third-order valence-corrected chi connectivity index (χ3v) is 7.08. The van der Waals surface area contributed by atoms with Crippen molar-refractivity contribution in [3.63, 3.8) is 0 Å². The van der Waals surface area contributed by atoms with Crippen LogP contribution in [-0.4, -0.2) is 30.8 Å². The standard InChI is InChI=1S/C28H26FN3O3/c1-18-6-9-21(29)16-23(18)25(33)31-22-10-7-19(8-11-22)26(34)32-15-13-28(12-14-30-27(28)35)17-20-4-2-3-5-24(20)32/h2-11,16H,12-15,17H2,1H3,(H,30,35)(H,31,33). The summed E-state index contributed by atoms with van der Waals surface area (Å²) < 4.78 is 13.6. The van der Waals surface area contributed by atoms with E-state index in [4.69, 9.17) is 0 Å². The molecule has 2 heterocycles. The molecule has 2 aliphatic heterocycles. The van der Waals surface area contributed by atoms with Crippen LogP contribution in [0.4, 0.5) is 15.8 Å². The van der Waals surface area contributed by atoms with Gasteiger partial charge in [0.25, 0.3) is 11.8 Å². The lowest BCUT2D eigenvalue weighted by atomic mass is 9.78. The van der Waals surface area contributed by atoms with Crippen LogP contribution >= 0.6 is 0 Å². The summed E-state index contributed by atoms with van der Waals surface area (Å²) in [7, 11) is 0. The van der Waals surface area contributed by atoms with Crippen LogP contribution in [0, 0.1) is 18.2 Å². The van der Waals surface area contributed by atoms with Gasteiger partial charge < -0.3 is 15.5 Å². The minimum atomic E-state index is -0.478. The van der Waals surface area contributed by atoms with Gasteiger partial charge in [-0.3, -0.25) is 14.4 Å². The summed E-state index contributed by atoms with van der Waals surface area (Å²) in [6, 6.07) is 18.5. The van der Waals surface area contributed by atoms with Crippen LogP contribution in [0.15, 0.2) is 66.7 Å². The summed E-state index contributed by atoms with van der Waals surface area (Å²) >= 11 is 0.